The molecule has 0 bridgehead atoms. The second kappa shape index (κ2) is 8.33. The van der Waals surface area contributed by atoms with Crippen LogP contribution in [0.5, 0.6) is 0 Å². The van der Waals surface area contributed by atoms with E-state index >= 15 is 0 Å². The molecule has 7 nitrogen and oxygen atoms in total. The zero-order chi connectivity index (χ0) is 21.3. The molecule has 2 aliphatic carbocycles. The largest absolute Gasteiger partial charge is 0.393 e. The smallest absolute Gasteiger partial charge is 0.220 e. The van der Waals surface area contributed by atoms with E-state index in [0.29, 0.717) is 35.6 Å². The van der Waals surface area contributed by atoms with E-state index in [2.05, 4.69) is 15.0 Å². The third-order valence-electron chi connectivity index (χ3n) is 6.31. The second-order valence-corrected chi connectivity index (χ2v) is 8.21. The molecule has 2 heterocycles. The minimum absolute atomic E-state index is 0.0456. The molecule has 0 aliphatic heterocycles. The fourth-order valence-corrected chi connectivity index (χ4v) is 4.70. The van der Waals surface area contributed by atoms with Gasteiger partial charge in [-0.1, -0.05) is 0 Å². The summed E-state index contributed by atoms with van der Waals surface area (Å²) in [5.41, 5.74) is 10.0. The molecule has 0 aromatic carbocycles. The maximum Gasteiger partial charge on any atom is 0.220 e. The van der Waals surface area contributed by atoms with Gasteiger partial charge in [0.15, 0.2) is 5.78 Å². The highest BCUT2D eigenvalue weighted by Crippen LogP contribution is 2.42. The van der Waals surface area contributed by atoms with Crippen LogP contribution in [0.15, 0.2) is 18.3 Å². The number of aliphatic hydroxyl groups excluding tert-OH is 1. The van der Waals surface area contributed by atoms with Crippen molar-refractivity contribution in [2.24, 2.45) is 5.92 Å². The standard InChI is InChI=1S/C23H25N5O2/c1-13-19-10-20(15-2-5-16(11-24)26-12-15)21(30)9-8-18(22(19)28-23(25)27-13)14-3-6-17(29)7-4-14/h2,5,10,12,14,17-18,29H,3-4,6-9H2,1H3,(H2,25,27,28)/b20-10-. The van der Waals surface area contributed by atoms with Crippen molar-refractivity contribution in [3.05, 3.63) is 46.5 Å². The number of aliphatic hydroxyl groups is 1. The lowest BCUT2D eigenvalue weighted by molar-refractivity contribution is -0.114. The van der Waals surface area contributed by atoms with Crippen molar-refractivity contribution in [2.45, 2.75) is 57.5 Å². The van der Waals surface area contributed by atoms with Gasteiger partial charge in [-0.2, -0.15) is 5.26 Å². The number of hydrogen-bond donors (Lipinski definition) is 2. The number of nitrogens with two attached hydrogens (primary N) is 1. The molecule has 2 aromatic rings. The fraction of sp³-hybridized carbons (Fsp3) is 0.435. The van der Waals surface area contributed by atoms with Gasteiger partial charge in [0, 0.05) is 35.2 Å². The quantitative estimate of drug-likeness (QED) is 0.788. The molecule has 2 aromatic heterocycles. The Morgan fingerprint density at radius 2 is 1.93 bits per heavy atom. The number of nitrogen functional groups attached to an aromatic ring is 1. The van der Waals surface area contributed by atoms with Crippen LogP contribution in [0.4, 0.5) is 5.95 Å². The van der Waals surface area contributed by atoms with Crippen LogP contribution >= 0.6 is 0 Å². The number of anilines is 1. The molecule has 0 amide bonds. The Balaban J connectivity index is 1.81. The zero-order valence-corrected chi connectivity index (χ0v) is 17.0. The van der Waals surface area contributed by atoms with E-state index in [0.717, 1.165) is 42.6 Å². The third-order valence-corrected chi connectivity index (χ3v) is 6.31. The number of hydrogen-bond acceptors (Lipinski definition) is 7. The highest BCUT2D eigenvalue weighted by Gasteiger charge is 2.33. The van der Waals surface area contributed by atoms with Crippen molar-refractivity contribution in [3.8, 4) is 6.07 Å². The van der Waals surface area contributed by atoms with Gasteiger partial charge < -0.3 is 10.8 Å². The Morgan fingerprint density at radius 1 is 1.17 bits per heavy atom. The van der Waals surface area contributed by atoms with Crippen LogP contribution in [0.25, 0.3) is 11.6 Å². The molecule has 0 radical (unpaired) electrons. The van der Waals surface area contributed by atoms with Crippen molar-refractivity contribution in [1.82, 2.24) is 15.0 Å². The molecule has 4 rings (SSSR count). The van der Waals surface area contributed by atoms with Crippen LogP contribution in [0, 0.1) is 24.2 Å². The average molecular weight is 403 g/mol. The normalized spacial score (nSPS) is 26.0. The number of allylic oxidation sites excluding steroid dienone is 1. The van der Waals surface area contributed by atoms with E-state index in [1.807, 2.05) is 19.1 Å². The zero-order valence-electron chi connectivity index (χ0n) is 17.0. The molecular formula is C23H25N5O2. The maximum absolute atomic E-state index is 13.1. The average Bonchev–Trinajstić information content (AvgIpc) is 2.73. The molecule has 3 N–H and O–H groups in total. The summed E-state index contributed by atoms with van der Waals surface area (Å²) in [6.07, 6.45) is 7.67. The molecule has 1 saturated carbocycles. The van der Waals surface area contributed by atoms with Gasteiger partial charge in [-0.25, -0.2) is 15.0 Å². The number of aromatic nitrogens is 3. The highest BCUT2D eigenvalue weighted by atomic mass is 16.3. The van der Waals surface area contributed by atoms with Crippen LogP contribution in [-0.2, 0) is 4.79 Å². The number of carbonyl (C=O) groups excluding carboxylic acids is 1. The lowest BCUT2D eigenvalue weighted by Crippen LogP contribution is -2.26. The number of ketones is 1. The van der Waals surface area contributed by atoms with Crippen LogP contribution in [0.1, 0.15) is 72.7 Å². The van der Waals surface area contributed by atoms with Crippen molar-refractivity contribution in [3.63, 3.8) is 0 Å². The van der Waals surface area contributed by atoms with Crippen LogP contribution in [0.3, 0.4) is 0 Å². The number of pyridine rings is 1. The van der Waals surface area contributed by atoms with Crippen molar-refractivity contribution >= 4 is 23.4 Å². The Hall–Kier alpha value is -3.11. The van der Waals surface area contributed by atoms with Gasteiger partial charge in [-0.3, -0.25) is 4.79 Å². The van der Waals surface area contributed by atoms with Crippen molar-refractivity contribution < 1.29 is 9.90 Å². The summed E-state index contributed by atoms with van der Waals surface area (Å²) < 4.78 is 0. The summed E-state index contributed by atoms with van der Waals surface area (Å²) in [4.78, 5) is 26.2. The summed E-state index contributed by atoms with van der Waals surface area (Å²) in [5, 5.41) is 18.9. The predicted molar refractivity (Wildman–Crippen MR) is 113 cm³/mol. The number of aryl methyl sites for hydroxylation is 1. The van der Waals surface area contributed by atoms with E-state index in [1.54, 1.807) is 18.3 Å². The van der Waals surface area contributed by atoms with Gasteiger partial charge in [-0.05, 0) is 63.2 Å². The molecule has 1 fully saturated rings. The van der Waals surface area contributed by atoms with Crippen molar-refractivity contribution in [1.29, 1.82) is 5.26 Å². The molecule has 1 atom stereocenters. The van der Waals surface area contributed by atoms with Crippen LogP contribution in [0.2, 0.25) is 0 Å². The van der Waals surface area contributed by atoms with Crippen molar-refractivity contribution in [2.75, 3.05) is 5.73 Å². The maximum atomic E-state index is 13.1. The van der Waals surface area contributed by atoms with Gasteiger partial charge in [-0.15, -0.1) is 0 Å². The number of carbonyl (C=O) groups is 1. The van der Waals surface area contributed by atoms with Gasteiger partial charge >= 0.3 is 0 Å². The topological polar surface area (TPSA) is 126 Å². The SMILES string of the molecule is Cc1nc(N)nc2c1/C=C(/c1ccc(C#N)nc1)C(=O)CCC2C1CCC(O)CC1. The van der Waals surface area contributed by atoms with Crippen LogP contribution < -0.4 is 5.73 Å². The fourth-order valence-electron chi connectivity index (χ4n) is 4.70. The van der Waals surface area contributed by atoms with E-state index in [1.165, 1.54) is 0 Å². The van der Waals surface area contributed by atoms with Gasteiger partial charge in [0.1, 0.15) is 11.8 Å². The Bertz CT molecular complexity index is 1030. The lowest BCUT2D eigenvalue weighted by Gasteiger charge is -2.33. The molecule has 2 aliphatic rings. The minimum atomic E-state index is -0.233. The van der Waals surface area contributed by atoms with Crippen LogP contribution in [-0.4, -0.2) is 31.9 Å². The molecule has 1 unspecified atom stereocenters. The predicted octanol–water partition coefficient (Wildman–Crippen LogP) is 3.17. The summed E-state index contributed by atoms with van der Waals surface area (Å²) in [7, 11) is 0. The highest BCUT2D eigenvalue weighted by molar-refractivity contribution is 6.25. The molecule has 30 heavy (non-hydrogen) atoms. The van der Waals surface area contributed by atoms with E-state index in [-0.39, 0.29) is 23.8 Å². The summed E-state index contributed by atoms with van der Waals surface area (Å²) in [6.45, 7) is 1.88. The number of fused-ring (bicyclic) bond motifs is 1. The monoisotopic (exact) mass is 403 g/mol. The number of Topliss-reactive ketones (excluding diaryl/α,β-unsaturated/α-hetero) is 1. The molecule has 7 heteroatoms. The first-order chi connectivity index (χ1) is 14.5. The first-order valence-electron chi connectivity index (χ1n) is 10.4. The molecule has 0 spiro atoms. The summed E-state index contributed by atoms with van der Waals surface area (Å²) in [5.74, 6) is 0.760. The summed E-state index contributed by atoms with van der Waals surface area (Å²) in [6, 6.07) is 5.37. The number of nitriles is 1. The van der Waals surface area contributed by atoms with E-state index in [9.17, 15) is 9.90 Å². The van der Waals surface area contributed by atoms with Gasteiger partial charge in [0.2, 0.25) is 5.95 Å². The molecule has 0 saturated heterocycles. The van der Waals surface area contributed by atoms with Gasteiger partial charge in [0.05, 0.1) is 17.5 Å². The molecule has 154 valence electrons. The lowest BCUT2D eigenvalue weighted by atomic mass is 9.73. The summed E-state index contributed by atoms with van der Waals surface area (Å²) >= 11 is 0. The Kier molecular flexibility index (Phi) is 5.60. The van der Waals surface area contributed by atoms with E-state index in [4.69, 9.17) is 11.0 Å². The first-order valence-corrected chi connectivity index (χ1v) is 10.4. The number of rotatable bonds is 2. The number of nitrogens with zero attached hydrogens (tertiary/aromatic N) is 4. The minimum Gasteiger partial charge on any atom is -0.393 e. The second-order valence-electron chi connectivity index (χ2n) is 8.21. The van der Waals surface area contributed by atoms with Gasteiger partial charge in [0.25, 0.3) is 0 Å². The van der Waals surface area contributed by atoms with E-state index < -0.39 is 0 Å². The first kappa shape index (κ1) is 20.2. The Morgan fingerprint density at radius 3 is 2.60 bits per heavy atom. The third kappa shape index (κ3) is 3.96. The Labute approximate surface area is 175 Å². The molecular weight excluding hydrogens is 378 g/mol.